The van der Waals surface area contributed by atoms with Crippen LogP contribution >= 0.6 is 24.2 Å². The lowest BCUT2D eigenvalue weighted by molar-refractivity contribution is -0.117. The maximum absolute atomic E-state index is 13.7. The molecule has 1 atom stereocenters. The van der Waals surface area contributed by atoms with Crippen LogP contribution in [-0.2, 0) is 6.54 Å². The Morgan fingerprint density at radius 2 is 1.85 bits per heavy atom. The predicted octanol–water partition coefficient (Wildman–Crippen LogP) is 5.97. The van der Waals surface area contributed by atoms with E-state index in [0.29, 0.717) is 28.2 Å². The van der Waals surface area contributed by atoms with Gasteiger partial charge in [0.05, 0.1) is 6.26 Å². The molecular formula is C31H34ClN3O5S. The van der Waals surface area contributed by atoms with Crippen LogP contribution in [-0.4, -0.2) is 36.0 Å². The van der Waals surface area contributed by atoms with Crippen molar-refractivity contribution in [1.82, 2.24) is 15.6 Å². The fourth-order valence-electron chi connectivity index (χ4n) is 5.78. The number of ether oxygens (including phenoxy) is 2. The number of H-pyrrole nitrogens is 1. The number of fused-ring (bicyclic) bond motifs is 2. The first-order valence-electron chi connectivity index (χ1n) is 13.6. The summed E-state index contributed by atoms with van der Waals surface area (Å²) in [4.78, 5) is 30.0. The van der Waals surface area contributed by atoms with Crippen molar-refractivity contribution in [1.29, 1.82) is 0 Å². The first kappa shape index (κ1) is 29.1. The summed E-state index contributed by atoms with van der Waals surface area (Å²) in [7, 11) is 0. The van der Waals surface area contributed by atoms with Gasteiger partial charge in [0.1, 0.15) is 5.58 Å². The van der Waals surface area contributed by atoms with Gasteiger partial charge < -0.3 is 29.5 Å². The monoisotopic (exact) mass is 595 g/mol. The van der Waals surface area contributed by atoms with Crippen molar-refractivity contribution in [3.63, 3.8) is 0 Å². The maximum atomic E-state index is 13.7. The number of amides is 1. The molecule has 2 aromatic carbocycles. The van der Waals surface area contributed by atoms with E-state index in [0.717, 1.165) is 58.6 Å². The van der Waals surface area contributed by atoms with Crippen LogP contribution in [0.3, 0.4) is 0 Å². The van der Waals surface area contributed by atoms with Crippen LogP contribution < -0.4 is 25.7 Å². The number of aromatic amines is 1. The molecule has 6 rings (SSSR count). The van der Waals surface area contributed by atoms with Gasteiger partial charge in [0.15, 0.2) is 11.5 Å². The van der Waals surface area contributed by atoms with Crippen molar-refractivity contribution in [2.45, 2.75) is 50.8 Å². The van der Waals surface area contributed by atoms with E-state index in [1.165, 1.54) is 11.8 Å². The zero-order valence-corrected chi connectivity index (χ0v) is 25.1. The van der Waals surface area contributed by atoms with E-state index in [1.807, 2.05) is 63.4 Å². The molecule has 0 radical (unpaired) electrons. The zero-order valence-electron chi connectivity index (χ0n) is 23.5. The lowest BCUT2D eigenvalue weighted by atomic mass is 9.90. The van der Waals surface area contributed by atoms with Crippen LogP contribution in [0.1, 0.15) is 46.9 Å². The zero-order chi connectivity index (χ0) is 28.0. The number of thioether (sulfide) groups is 1. The smallest absolute Gasteiger partial charge is 0.254 e. The Morgan fingerprint density at radius 1 is 1.10 bits per heavy atom. The molecule has 4 heterocycles. The van der Waals surface area contributed by atoms with Crippen LogP contribution in [0, 0.1) is 19.8 Å². The van der Waals surface area contributed by atoms with Crippen LogP contribution in [0.25, 0.3) is 22.1 Å². The van der Waals surface area contributed by atoms with E-state index in [4.69, 9.17) is 13.9 Å². The average molecular weight is 596 g/mol. The molecule has 10 heteroatoms. The van der Waals surface area contributed by atoms with Gasteiger partial charge in [-0.1, -0.05) is 6.07 Å². The lowest BCUT2D eigenvalue weighted by Crippen LogP contribution is -2.47. The van der Waals surface area contributed by atoms with E-state index in [2.05, 4.69) is 15.6 Å². The highest BCUT2D eigenvalue weighted by atomic mass is 35.5. The third kappa shape index (κ3) is 5.34. The molecule has 216 valence electrons. The van der Waals surface area contributed by atoms with Gasteiger partial charge in [0, 0.05) is 57.6 Å². The molecule has 3 N–H and O–H groups in total. The van der Waals surface area contributed by atoms with Crippen LogP contribution in [0.15, 0.2) is 56.8 Å². The molecule has 1 unspecified atom stereocenters. The molecular weight excluding hydrogens is 562 g/mol. The second-order valence-electron chi connectivity index (χ2n) is 10.7. The van der Waals surface area contributed by atoms with Gasteiger partial charge in [-0.3, -0.25) is 9.59 Å². The van der Waals surface area contributed by atoms with Crippen LogP contribution in [0.2, 0.25) is 0 Å². The second kappa shape index (κ2) is 11.5. The van der Waals surface area contributed by atoms with E-state index < -0.39 is 5.79 Å². The third-order valence-corrected chi connectivity index (χ3v) is 8.86. The Hall–Kier alpha value is -3.40. The normalized spacial score (nSPS) is 18.3. The number of hydrogen-bond donors (Lipinski definition) is 3. The largest absolute Gasteiger partial charge is 0.464 e. The average Bonchev–Trinajstić information content (AvgIpc) is 3.57. The van der Waals surface area contributed by atoms with Crippen molar-refractivity contribution in [3.8, 4) is 22.6 Å². The lowest BCUT2D eigenvalue weighted by Gasteiger charge is -2.35. The molecule has 2 aliphatic rings. The number of rotatable bonds is 6. The summed E-state index contributed by atoms with van der Waals surface area (Å²) < 4.78 is 18.8. The topological polar surface area (TPSA) is 106 Å². The van der Waals surface area contributed by atoms with E-state index in [-0.39, 0.29) is 36.3 Å². The fraction of sp³-hybridized carbons (Fsp3) is 0.355. The number of furan rings is 1. The van der Waals surface area contributed by atoms with Crippen molar-refractivity contribution < 1.29 is 18.7 Å². The van der Waals surface area contributed by atoms with Gasteiger partial charge in [-0.15, -0.1) is 24.2 Å². The van der Waals surface area contributed by atoms with Gasteiger partial charge in [0.2, 0.25) is 0 Å². The van der Waals surface area contributed by atoms with Crippen LogP contribution in [0.5, 0.6) is 11.5 Å². The van der Waals surface area contributed by atoms with Gasteiger partial charge >= 0.3 is 0 Å². The Morgan fingerprint density at radius 3 is 2.61 bits per heavy atom. The number of carbonyl (C=O) groups is 1. The summed E-state index contributed by atoms with van der Waals surface area (Å²) >= 11 is 1.49. The van der Waals surface area contributed by atoms with Crippen molar-refractivity contribution >= 4 is 41.0 Å². The number of pyridine rings is 1. The summed E-state index contributed by atoms with van der Waals surface area (Å²) in [6.45, 7) is 7.67. The minimum absolute atomic E-state index is 0. The fourth-order valence-corrected chi connectivity index (χ4v) is 6.49. The van der Waals surface area contributed by atoms with Gasteiger partial charge in [-0.2, -0.15) is 0 Å². The van der Waals surface area contributed by atoms with E-state index >= 15 is 0 Å². The minimum atomic E-state index is -0.832. The Kier molecular flexibility index (Phi) is 8.14. The first-order valence-corrected chi connectivity index (χ1v) is 14.8. The number of benzene rings is 2. The molecule has 0 aliphatic carbocycles. The van der Waals surface area contributed by atoms with Gasteiger partial charge in [0.25, 0.3) is 17.3 Å². The number of aromatic nitrogens is 1. The number of piperidine rings is 1. The summed E-state index contributed by atoms with van der Waals surface area (Å²) in [5.41, 5.74) is 4.78. The number of hydrogen-bond acceptors (Lipinski definition) is 7. The number of aryl methyl sites for hydroxylation is 1. The molecule has 2 aliphatic heterocycles. The number of nitrogens with one attached hydrogen (secondary N) is 3. The highest BCUT2D eigenvalue weighted by molar-refractivity contribution is 7.98. The SMILES string of the molecule is CSc1cc(C)[nH]c(=O)c1CNC(=O)c1cc(-c2ccc3occc3c2)c2c(c1C)OC(C)(C1CCNCC1)O2.Cl. The number of carbonyl (C=O) groups excluding carboxylic acids is 1. The maximum Gasteiger partial charge on any atom is 0.254 e. The molecule has 1 fully saturated rings. The molecule has 2 aromatic heterocycles. The Bertz CT molecular complexity index is 1680. The summed E-state index contributed by atoms with van der Waals surface area (Å²) in [6, 6.07) is 11.6. The predicted molar refractivity (Wildman–Crippen MR) is 164 cm³/mol. The molecule has 0 spiro atoms. The summed E-state index contributed by atoms with van der Waals surface area (Å²) in [6.07, 6.45) is 5.46. The molecule has 41 heavy (non-hydrogen) atoms. The molecule has 0 saturated carbocycles. The Balaban J connectivity index is 0.00000337. The molecule has 1 saturated heterocycles. The summed E-state index contributed by atoms with van der Waals surface area (Å²) in [5.74, 6) is 0.338. The Labute approximate surface area is 249 Å². The van der Waals surface area contributed by atoms with Gasteiger partial charge in [-0.05, 0) is 81.9 Å². The second-order valence-corrected chi connectivity index (χ2v) is 11.5. The molecule has 4 aromatic rings. The summed E-state index contributed by atoms with van der Waals surface area (Å²) in [5, 5.41) is 7.35. The minimum Gasteiger partial charge on any atom is -0.464 e. The molecule has 0 bridgehead atoms. The highest BCUT2D eigenvalue weighted by Gasteiger charge is 2.46. The van der Waals surface area contributed by atoms with Crippen molar-refractivity contribution in [3.05, 3.63) is 75.4 Å². The van der Waals surface area contributed by atoms with Crippen molar-refractivity contribution in [2.24, 2.45) is 5.92 Å². The highest BCUT2D eigenvalue weighted by Crippen LogP contribution is 2.52. The standard InChI is InChI=1S/C31H33N3O5S.ClH/c1-17-13-26(40-4)24(30(36)34-17)16-33-29(35)22-15-23(19-5-6-25-20(14-19)9-12-37-25)28-27(18(22)2)38-31(3,39-28)21-7-10-32-11-8-21;/h5-6,9,12-15,21,32H,7-8,10-11,16H2,1-4H3,(H,33,35)(H,34,36);1H. The molecule has 8 nitrogen and oxygen atoms in total. The molecule has 1 amide bonds. The third-order valence-electron chi connectivity index (χ3n) is 8.06. The van der Waals surface area contributed by atoms with Gasteiger partial charge in [-0.25, -0.2) is 0 Å². The number of halogens is 1. The van der Waals surface area contributed by atoms with Crippen LogP contribution in [0.4, 0.5) is 0 Å². The first-order chi connectivity index (χ1) is 19.3. The van der Waals surface area contributed by atoms with E-state index in [1.54, 1.807) is 6.26 Å². The van der Waals surface area contributed by atoms with Crippen molar-refractivity contribution in [2.75, 3.05) is 19.3 Å². The van der Waals surface area contributed by atoms with E-state index in [9.17, 15) is 9.59 Å². The quantitative estimate of drug-likeness (QED) is 0.236.